The summed E-state index contributed by atoms with van der Waals surface area (Å²) >= 11 is 1.14. The molecule has 0 unspecified atom stereocenters. The zero-order valence-electron chi connectivity index (χ0n) is 14.1. The normalized spacial score (nSPS) is 15.3. The van der Waals surface area contributed by atoms with Crippen LogP contribution in [-0.2, 0) is 22.9 Å². The molecule has 134 valence electrons. The van der Waals surface area contributed by atoms with Crippen LogP contribution < -0.4 is 10.1 Å². The van der Waals surface area contributed by atoms with Gasteiger partial charge in [-0.25, -0.2) is 8.42 Å². The molecule has 6 nitrogen and oxygen atoms in total. The molecule has 1 aliphatic rings. The fourth-order valence-electron chi connectivity index (χ4n) is 2.89. The molecular formula is C17H20N2O4S2. The number of fused-ring (bicyclic) bond motifs is 1. The van der Waals surface area contributed by atoms with Gasteiger partial charge in [0.15, 0.2) is 0 Å². The molecule has 0 spiro atoms. The molecule has 0 atom stereocenters. The summed E-state index contributed by atoms with van der Waals surface area (Å²) in [4.78, 5) is 12.2. The topological polar surface area (TPSA) is 75.7 Å². The second-order valence-corrected chi connectivity index (χ2v) is 8.61. The van der Waals surface area contributed by atoms with Gasteiger partial charge in [-0.05, 0) is 42.2 Å². The summed E-state index contributed by atoms with van der Waals surface area (Å²) in [6.45, 7) is 0.834. The largest absolute Gasteiger partial charge is 0.497 e. The van der Waals surface area contributed by atoms with Crippen LogP contribution >= 0.6 is 11.3 Å². The highest BCUT2D eigenvalue weighted by atomic mass is 32.2. The number of ether oxygens (including phenoxy) is 1. The average Bonchev–Trinajstić information content (AvgIpc) is 3.02. The van der Waals surface area contributed by atoms with Crippen molar-refractivity contribution in [1.82, 2.24) is 9.62 Å². The highest BCUT2D eigenvalue weighted by Gasteiger charge is 2.28. The van der Waals surface area contributed by atoms with E-state index in [0.717, 1.165) is 28.2 Å². The molecule has 0 fully saturated rings. The molecule has 0 saturated carbocycles. The molecule has 2 heterocycles. The van der Waals surface area contributed by atoms with Gasteiger partial charge in [-0.1, -0.05) is 6.07 Å². The summed E-state index contributed by atoms with van der Waals surface area (Å²) < 4.78 is 32.6. The lowest BCUT2D eigenvalue weighted by molar-refractivity contribution is 0.0967. The molecule has 2 aromatic rings. The fourth-order valence-corrected chi connectivity index (χ4v) is 5.54. The number of amides is 1. The van der Waals surface area contributed by atoms with E-state index in [-0.39, 0.29) is 10.8 Å². The minimum atomic E-state index is -3.61. The van der Waals surface area contributed by atoms with E-state index in [1.165, 1.54) is 22.8 Å². The van der Waals surface area contributed by atoms with Gasteiger partial charge in [-0.15, -0.1) is 11.3 Å². The second-order valence-electron chi connectivity index (χ2n) is 5.76. The number of hydrogen-bond acceptors (Lipinski definition) is 5. The maximum atomic E-state index is 12.9. The van der Waals surface area contributed by atoms with Crippen molar-refractivity contribution in [3.63, 3.8) is 0 Å². The number of rotatable bonds is 4. The minimum Gasteiger partial charge on any atom is -0.497 e. The molecule has 1 aromatic carbocycles. The van der Waals surface area contributed by atoms with Crippen LogP contribution in [0.5, 0.6) is 5.75 Å². The third-order valence-electron chi connectivity index (χ3n) is 4.34. The summed E-state index contributed by atoms with van der Waals surface area (Å²) in [5.41, 5.74) is 2.27. The van der Waals surface area contributed by atoms with Crippen molar-refractivity contribution in [3.05, 3.63) is 45.6 Å². The van der Waals surface area contributed by atoms with Gasteiger partial charge in [0.2, 0.25) is 10.0 Å². The number of benzene rings is 1. The van der Waals surface area contributed by atoms with Crippen LogP contribution in [0.15, 0.2) is 34.5 Å². The van der Waals surface area contributed by atoms with Gasteiger partial charge < -0.3 is 10.1 Å². The van der Waals surface area contributed by atoms with Gasteiger partial charge in [-0.3, -0.25) is 4.79 Å². The Bertz CT molecular complexity index is 890. The fraction of sp³-hybridized carbons (Fsp3) is 0.353. The Hall–Kier alpha value is -1.90. The van der Waals surface area contributed by atoms with Crippen molar-refractivity contribution < 1.29 is 17.9 Å². The Morgan fingerprint density at radius 3 is 2.60 bits per heavy atom. The van der Waals surface area contributed by atoms with Crippen molar-refractivity contribution in [2.75, 3.05) is 27.2 Å². The first kappa shape index (κ1) is 17.9. The van der Waals surface area contributed by atoms with Crippen LogP contribution in [-0.4, -0.2) is 45.9 Å². The van der Waals surface area contributed by atoms with Crippen molar-refractivity contribution in [2.45, 2.75) is 17.7 Å². The Morgan fingerprint density at radius 1 is 1.20 bits per heavy atom. The predicted molar refractivity (Wildman–Crippen MR) is 96.9 cm³/mol. The van der Waals surface area contributed by atoms with E-state index in [2.05, 4.69) is 5.32 Å². The maximum absolute atomic E-state index is 12.9. The molecule has 25 heavy (non-hydrogen) atoms. The third kappa shape index (κ3) is 3.56. The molecule has 1 amide bonds. The molecule has 1 N–H and O–H groups in total. The van der Waals surface area contributed by atoms with Crippen LogP contribution in [0.3, 0.4) is 0 Å². The quantitative estimate of drug-likeness (QED) is 0.879. The van der Waals surface area contributed by atoms with Gasteiger partial charge in [0, 0.05) is 25.5 Å². The number of carbonyl (C=O) groups excluding carboxylic acids is 1. The van der Waals surface area contributed by atoms with E-state index < -0.39 is 10.0 Å². The molecule has 0 aliphatic carbocycles. The molecule has 0 radical (unpaired) electrons. The number of carbonyl (C=O) groups is 1. The first-order valence-electron chi connectivity index (χ1n) is 7.92. The van der Waals surface area contributed by atoms with Crippen LogP contribution in [0.25, 0.3) is 0 Å². The van der Waals surface area contributed by atoms with Gasteiger partial charge >= 0.3 is 0 Å². The maximum Gasteiger partial charge on any atom is 0.261 e. The molecular weight excluding hydrogens is 360 g/mol. The SMILES string of the molecule is CNC(=O)c1cc(S(=O)(=O)N2CCc3ccc(OC)cc3CC2)cs1. The molecule has 1 aliphatic heterocycles. The van der Waals surface area contributed by atoms with E-state index in [0.29, 0.717) is 30.8 Å². The summed E-state index contributed by atoms with van der Waals surface area (Å²) in [7, 11) is -0.462. The highest BCUT2D eigenvalue weighted by molar-refractivity contribution is 7.89. The zero-order chi connectivity index (χ0) is 18.0. The monoisotopic (exact) mass is 380 g/mol. The van der Waals surface area contributed by atoms with Crippen LogP contribution in [0.2, 0.25) is 0 Å². The molecule has 0 saturated heterocycles. The summed E-state index contributed by atoms with van der Waals surface area (Å²) in [6, 6.07) is 7.32. The number of methoxy groups -OCH3 is 1. The Kier molecular flexibility index (Phi) is 5.12. The van der Waals surface area contributed by atoms with Crippen LogP contribution in [0.4, 0.5) is 0 Å². The Labute approximate surface area is 151 Å². The minimum absolute atomic E-state index is 0.180. The van der Waals surface area contributed by atoms with Gasteiger partial charge in [-0.2, -0.15) is 4.31 Å². The number of thiophene rings is 1. The second kappa shape index (κ2) is 7.15. The van der Waals surface area contributed by atoms with Crippen molar-refractivity contribution in [3.8, 4) is 5.75 Å². The van der Waals surface area contributed by atoms with E-state index in [9.17, 15) is 13.2 Å². The van der Waals surface area contributed by atoms with Crippen molar-refractivity contribution in [1.29, 1.82) is 0 Å². The summed E-state index contributed by atoms with van der Waals surface area (Å²) in [6.07, 6.45) is 1.29. The molecule has 8 heteroatoms. The van der Waals surface area contributed by atoms with Gasteiger partial charge in [0.25, 0.3) is 5.91 Å². The molecule has 1 aromatic heterocycles. The summed E-state index contributed by atoms with van der Waals surface area (Å²) in [5.74, 6) is 0.505. The van der Waals surface area contributed by atoms with E-state index in [1.807, 2.05) is 18.2 Å². The third-order valence-corrected chi connectivity index (χ3v) is 7.29. The zero-order valence-corrected chi connectivity index (χ0v) is 15.7. The number of nitrogens with zero attached hydrogens (tertiary/aromatic N) is 1. The summed E-state index contributed by atoms with van der Waals surface area (Å²) in [5, 5.41) is 4.04. The molecule has 0 bridgehead atoms. The van der Waals surface area contributed by atoms with E-state index in [4.69, 9.17) is 4.74 Å². The smallest absolute Gasteiger partial charge is 0.261 e. The van der Waals surface area contributed by atoms with Crippen LogP contribution in [0, 0.1) is 0 Å². The van der Waals surface area contributed by atoms with Gasteiger partial charge in [0.05, 0.1) is 16.9 Å². The molecule has 3 rings (SSSR count). The number of sulfonamides is 1. The first-order valence-corrected chi connectivity index (χ1v) is 10.2. The number of nitrogens with one attached hydrogen (secondary N) is 1. The number of hydrogen-bond donors (Lipinski definition) is 1. The lowest BCUT2D eigenvalue weighted by Gasteiger charge is -2.18. The standard InChI is InChI=1S/C17H20N2O4S2/c1-18-17(20)16-10-15(11-24-16)25(21,22)19-7-5-12-3-4-14(23-2)9-13(12)6-8-19/h3-4,9-11H,5-8H2,1-2H3,(H,18,20). The Balaban J connectivity index is 1.82. The van der Waals surface area contributed by atoms with Crippen molar-refractivity contribution in [2.24, 2.45) is 0 Å². The van der Waals surface area contributed by atoms with E-state index in [1.54, 1.807) is 7.11 Å². The lowest BCUT2D eigenvalue weighted by atomic mass is 10.0. The average molecular weight is 380 g/mol. The highest BCUT2D eigenvalue weighted by Crippen LogP contribution is 2.27. The van der Waals surface area contributed by atoms with Gasteiger partial charge in [0.1, 0.15) is 5.75 Å². The lowest BCUT2D eigenvalue weighted by Crippen LogP contribution is -2.33. The predicted octanol–water partition coefficient (Wildman–Crippen LogP) is 1.91. The first-order chi connectivity index (χ1) is 12.0. The van der Waals surface area contributed by atoms with E-state index >= 15 is 0 Å². The Morgan fingerprint density at radius 2 is 1.92 bits per heavy atom. The van der Waals surface area contributed by atoms with Crippen molar-refractivity contribution >= 4 is 27.3 Å². The van der Waals surface area contributed by atoms with Crippen LogP contribution in [0.1, 0.15) is 20.8 Å².